The molecule has 0 aliphatic heterocycles. The van der Waals surface area contributed by atoms with Gasteiger partial charge in [0.25, 0.3) is 0 Å². The Balaban J connectivity index is 3.00. The number of aliphatic hydroxyl groups is 1. The Bertz CT molecular complexity index is 354. The summed E-state index contributed by atoms with van der Waals surface area (Å²) in [5.74, 6) is 2.43. The van der Waals surface area contributed by atoms with Crippen LogP contribution in [0.15, 0.2) is 6.07 Å². The fraction of sp³-hybridized carbons (Fsp3) is 0.667. The van der Waals surface area contributed by atoms with Gasteiger partial charge in [-0.1, -0.05) is 0 Å². The molecule has 0 saturated heterocycles. The molecule has 5 nitrogen and oxygen atoms in total. The first-order valence-electron chi connectivity index (χ1n) is 6.05. The molecule has 0 amide bonds. The first kappa shape index (κ1) is 13.7. The van der Waals surface area contributed by atoms with Crippen LogP contribution in [-0.2, 0) is 0 Å². The average Bonchev–Trinajstić information content (AvgIpc) is 2.25. The monoisotopic (exact) mass is 238 g/mol. The Kier molecular flexibility index (Phi) is 5.15. The maximum atomic E-state index is 9.09. The molecule has 0 spiro atoms. The van der Waals surface area contributed by atoms with Gasteiger partial charge in [0.05, 0.1) is 6.61 Å². The molecule has 1 rings (SSSR count). The molecular weight excluding hydrogens is 216 g/mol. The van der Waals surface area contributed by atoms with Crippen molar-refractivity contribution in [1.29, 1.82) is 0 Å². The lowest BCUT2D eigenvalue weighted by Gasteiger charge is -2.27. The van der Waals surface area contributed by atoms with Crippen LogP contribution in [-0.4, -0.2) is 40.8 Å². The second-order valence-corrected chi connectivity index (χ2v) is 4.20. The van der Waals surface area contributed by atoms with Crippen LogP contribution in [0.5, 0.6) is 0 Å². The molecule has 0 saturated carbocycles. The highest BCUT2D eigenvalue weighted by molar-refractivity contribution is 5.49. The van der Waals surface area contributed by atoms with Gasteiger partial charge in [-0.15, -0.1) is 0 Å². The van der Waals surface area contributed by atoms with Crippen molar-refractivity contribution < 1.29 is 5.11 Å². The summed E-state index contributed by atoms with van der Waals surface area (Å²) in [7, 11) is 0. The van der Waals surface area contributed by atoms with Crippen molar-refractivity contribution >= 4 is 11.6 Å². The molecule has 1 aromatic rings. The minimum atomic E-state index is 0.123. The summed E-state index contributed by atoms with van der Waals surface area (Å²) in [6.07, 6.45) is 0. The Hall–Kier alpha value is -1.36. The van der Waals surface area contributed by atoms with Crippen molar-refractivity contribution in [2.24, 2.45) is 0 Å². The van der Waals surface area contributed by atoms with E-state index in [-0.39, 0.29) is 6.61 Å². The van der Waals surface area contributed by atoms with Gasteiger partial charge >= 0.3 is 0 Å². The molecule has 0 aromatic carbocycles. The molecule has 96 valence electrons. The average molecular weight is 238 g/mol. The smallest absolute Gasteiger partial charge is 0.134 e. The molecule has 0 bridgehead atoms. The van der Waals surface area contributed by atoms with E-state index in [1.54, 1.807) is 0 Å². The summed E-state index contributed by atoms with van der Waals surface area (Å²) in [5, 5.41) is 12.3. The number of aliphatic hydroxyl groups excluding tert-OH is 1. The van der Waals surface area contributed by atoms with Gasteiger partial charge in [0.1, 0.15) is 17.5 Å². The SMILES string of the molecule is CCNc1cc(N(CCO)C(C)C)nc(C)n1. The van der Waals surface area contributed by atoms with Gasteiger partial charge in [-0.3, -0.25) is 0 Å². The van der Waals surface area contributed by atoms with Gasteiger partial charge in [0.15, 0.2) is 0 Å². The number of nitrogens with one attached hydrogen (secondary N) is 1. The maximum absolute atomic E-state index is 9.09. The van der Waals surface area contributed by atoms with E-state index in [1.165, 1.54) is 0 Å². The Labute approximate surface area is 103 Å². The van der Waals surface area contributed by atoms with Crippen LogP contribution in [0.2, 0.25) is 0 Å². The molecule has 0 atom stereocenters. The molecule has 1 aromatic heterocycles. The van der Waals surface area contributed by atoms with Crippen LogP contribution in [0.4, 0.5) is 11.6 Å². The van der Waals surface area contributed by atoms with E-state index >= 15 is 0 Å². The van der Waals surface area contributed by atoms with Crippen molar-refractivity contribution in [1.82, 2.24) is 9.97 Å². The van der Waals surface area contributed by atoms with E-state index in [2.05, 4.69) is 34.0 Å². The number of nitrogens with zero attached hydrogens (tertiary/aromatic N) is 3. The van der Waals surface area contributed by atoms with E-state index in [4.69, 9.17) is 5.11 Å². The molecule has 2 N–H and O–H groups in total. The van der Waals surface area contributed by atoms with Gasteiger partial charge in [-0.2, -0.15) is 0 Å². The lowest BCUT2D eigenvalue weighted by Crippen LogP contribution is -2.34. The fourth-order valence-corrected chi connectivity index (χ4v) is 1.72. The summed E-state index contributed by atoms with van der Waals surface area (Å²) < 4.78 is 0. The van der Waals surface area contributed by atoms with Gasteiger partial charge in [0.2, 0.25) is 0 Å². The summed E-state index contributed by atoms with van der Waals surface area (Å²) in [6, 6.07) is 2.22. The van der Waals surface area contributed by atoms with Gasteiger partial charge in [-0.05, 0) is 27.7 Å². The number of rotatable bonds is 6. The maximum Gasteiger partial charge on any atom is 0.134 e. The van der Waals surface area contributed by atoms with Crippen molar-refractivity contribution in [3.8, 4) is 0 Å². The topological polar surface area (TPSA) is 61.3 Å². The third-order valence-electron chi connectivity index (χ3n) is 2.44. The predicted molar refractivity (Wildman–Crippen MR) is 70.5 cm³/mol. The summed E-state index contributed by atoms with van der Waals surface area (Å²) >= 11 is 0. The zero-order valence-corrected chi connectivity index (χ0v) is 11.1. The summed E-state index contributed by atoms with van der Waals surface area (Å²) in [6.45, 7) is 9.61. The fourth-order valence-electron chi connectivity index (χ4n) is 1.72. The molecule has 1 heterocycles. The van der Waals surface area contributed by atoms with Gasteiger partial charge in [-0.25, -0.2) is 9.97 Å². The highest BCUT2D eigenvalue weighted by Crippen LogP contribution is 2.17. The predicted octanol–water partition coefficient (Wildman–Crippen LogP) is 1.42. The van der Waals surface area contributed by atoms with E-state index in [9.17, 15) is 0 Å². The van der Waals surface area contributed by atoms with Crippen LogP contribution in [0, 0.1) is 6.92 Å². The highest BCUT2D eigenvalue weighted by Gasteiger charge is 2.13. The molecule has 5 heteroatoms. The molecule has 0 aliphatic rings. The first-order chi connectivity index (χ1) is 8.08. The standard InChI is InChI=1S/C12H22N4O/c1-5-13-11-8-12(15-10(4)14-11)16(6-7-17)9(2)3/h8-9,17H,5-7H2,1-4H3,(H,13,14,15). The third-order valence-corrected chi connectivity index (χ3v) is 2.44. The summed E-state index contributed by atoms with van der Waals surface area (Å²) in [4.78, 5) is 10.8. The van der Waals surface area contributed by atoms with Crippen molar-refractivity contribution in [2.75, 3.05) is 29.9 Å². The zero-order valence-electron chi connectivity index (χ0n) is 11.1. The summed E-state index contributed by atoms with van der Waals surface area (Å²) in [5.41, 5.74) is 0. The van der Waals surface area contributed by atoms with Crippen LogP contribution >= 0.6 is 0 Å². The molecule has 0 radical (unpaired) electrons. The van der Waals surface area contributed by atoms with E-state index in [1.807, 2.05) is 19.9 Å². The number of anilines is 2. The first-order valence-corrected chi connectivity index (χ1v) is 6.05. The quantitative estimate of drug-likeness (QED) is 0.785. The minimum Gasteiger partial charge on any atom is -0.395 e. The van der Waals surface area contributed by atoms with E-state index < -0.39 is 0 Å². The van der Waals surface area contributed by atoms with Crippen LogP contribution in [0.1, 0.15) is 26.6 Å². The molecule has 0 fully saturated rings. The van der Waals surface area contributed by atoms with E-state index in [0.717, 1.165) is 24.0 Å². The number of hydrogen-bond donors (Lipinski definition) is 2. The highest BCUT2D eigenvalue weighted by atomic mass is 16.3. The molecule has 17 heavy (non-hydrogen) atoms. The van der Waals surface area contributed by atoms with Crippen LogP contribution in [0.25, 0.3) is 0 Å². The van der Waals surface area contributed by atoms with Crippen LogP contribution in [0.3, 0.4) is 0 Å². The second kappa shape index (κ2) is 6.39. The largest absolute Gasteiger partial charge is 0.395 e. The Morgan fingerprint density at radius 3 is 2.65 bits per heavy atom. The molecular formula is C12H22N4O. The lowest BCUT2D eigenvalue weighted by molar-refractivity contribution is 0.298. The number of aryl methyl sites for hydroxylation is 1. The number of hydrogen-bond acceptors (Lipinski definition) is 5. The normalized spacial score (nSPS) is 10.7. The van der Waals surface area contributed by atoms with Gasteiger partial charge in [0, 0.05) is 25.2 Å². The minimum absolute atomic E-state index is 0.123. The van der Waals surface area contributed by atoms with Crippen molar-refractivity contribution in [3.63, 3.8) is 0 Å². The van der Waals surface area contributed by atoms with Gasteiger partial charge < -0.3 is 15.3 Å². The molecule has 0 aliphatic carbocycles. The lowest BCUT2D eigenvalue weighted by atomic mass is 10.3. The number of aromatic nitrogens is 2. The van der Waals surface area contributed by atoms with Crippen molar-refractivity contribution in [3.05, 3.63) is 11.9 Å². The van der Waals surface area contributed by atoms with Crippen LogP contribution < -0.4 is 10.2 Å². The van der Waals surface area contributed by atoms with Crippen molar-refractivity contribution in [2.45, 2.75) is 33.7 Å². The van der Waals surface area contributed by atoms with E-state index in [0.29, 0.717) is 12.6 Å². The Morgan fingerprint density at radius 2 is 2.12 bits per heavy atom. The second-order valence-electron chi connectivity index (χ2n) is 4.20. The molecule has 0 unspecified atom stereocenters. The zero-order chi connectivity index (χ0) is 12.8. The Morgan fingerprint density at radius 1 is 1.41 bits per heavy atom. The third kappa shape index (κ3) is 3.85.